The molecule has 0 aliphatic carbocycles. The maximum absolute atomic E-state index is 5.55. The van der Waals surface area contributed by atoms with Crippen molar-refractivity contribution in [3.05, 3.63) is 16.3 Å². The molecule has 1 aromatic heterocycles. The van der Waals surface area contributed by atoms with Gasteiger partial charge in [0.05, 0.1) is 6.61 Å². The predicted octanol–water partition coefficient (Wildman–Crippen LogP) is 3.27. The molecule has 1 aromatic rings. The normalized spacial score (nSPS) is 22.1. The summed E-state index contributed by atoms with van der Waals surface area (Å²) in [7, 11) is 0. The van der Waals surface area contributed by atoms with Gasteiger partial charge in [0.25, 0.3) is 0 Å². The Morgan fingerprint density at radius 1 is 1.58 bits per heavy atom. The van der Waals surface area contributed by atoms with Crippen LogP contribution in [0.2, 0.25) is 0 Å². The molecule has 0 N–H and O–H groups in total. The molecule has 0 radical (unpaired) electrons. The van der Waals surface area contributed by atoms with E-state index in [1.807, 2.05) is 11.3 Å². The van der Waals surface area contributed by atoms with Crippen LogP contribution in [0.5, 0.6) is 5.75 Å². The fourth-order valence-corrected chi connectivity index (χ4v) is 2.91. The van der Waals surface area contributed by atoms with E-state index in [1.54, 1.807) is 0 Å². The summed E-state index contributed by atoms with van der Waals surface area (Å²) in [6.45, 7) is 5.48. The zero-order chi connectivity index (χ0) is 8.55. The van der Waals surface area contributed by atoms with Crippen LogP contribution in [-0.4, -0.2) is 6.61 Å². The zero-order valence-corrected chi connectivity index (χ0v) is 8.36. The van der Waals surface area contributed by atoms with Crippen molar-refractivity contribution in [2.45, 2.75) is 26.2 Å². The van der Waals surface area contributed by atoms with E-state index in [9.17, 15) is 0 Å². The highest BCUT2D eigenvalue weighted by Gasteiger charge is 2.24. The number of rotatable bonds is 1. The summed E-state index contributed by atoms with van der Waals surface area (Å²) >= 11 is 1.84. The molecule has 1 aliphatic heterocycles. The Labute approximate surface area is 77.4 Å². The first kappa shape index (κ1) is 8.11. The van der Waals surface area contributed by atoms with Gasteiger partial charge in [-0.2, -0.15) is 0 Å². The van der Waals surface area contributed by atoms with Crippen molar-refractivity contribution in [3.63, 3.8) is 0 Å². The van der Waals surface area contributed by atoms with Crippen molar-refractivity contribution < 1.29 is 4.74 Å². The highest BCUT2D eigenvalue weighted by Crippen LogP contribution is 2.41. The molecule has 0 fully saturated rings. The van der Waals surface area contributed by atoms with E-state index in [0.29, 0.717) is 0 Å². The molecule has 0 saturated heterocycles. The van der Waals surface area contributed by atoms with Gasteiger partial charge in [0.1, 0.15) is 5.75 Å². The second-order valence-electron chi connectivity index (χ2n) is 3.64. The molecule has 0 spiro atoms. The minimum absolute atomic E-state index is 0.730. The third-order valence-corrected chi connectivity index (χ3v) is 3.52. The van der Waals surface area contributed by atoms with Gasteiger partial charge in [-0.25, -0.2) is 0 Å². The summed E-state index contributed by atoms with van der Waals surface area (Å²) in [5, 5.41) is 2.13. The topological polar surface area (TPSA) is 9.23 Å². The van der Waals surface area contributed by atoms with Gasteiger partial charge in [-0.1, -0.05) is 13.8 Å². The Morgan fingerprint density at radius 2 is 2.42 bits per heavy atom. The predicted molar refractivity (Wildman–Crippen MR) is 52.0 cm³/mol. The molecule has 2 rings (SSSR count). The number of fused-ring (bicyclic) bond motifs is 1. The van der Waals surface area contributed by atoms with E-state index >= 15 is 0 Å². The van der Waals surface area contributed by atoms with Crippen molar-refractivity contribution in [3.8, 4) is 5.75 Å². The third kappa shape index (κ3) is 1.24. The Morgan fingerprint density at radius 3 is 3.17 bits per heavy atom. The van der Waals surface area contributed by atoms with Crippen molar-refractivity contribution in [2.75, 3.05) is 6.61 Å². The smallest absolute Gasteiger partial charge is 0.133 e. The Balaban J connectivity index is 2.31. The summed E-state index contributed by atoms with van der Waals surface area (Å²) in [6.07, 6.45) is 1.19. The first-order chi connectivity index (χ1) is 5.79. The van der Waals surface area contributed by atoms with Gasteiger partial charge < -0.3 is 4.74 Å². The maximum Gasteiger partial charge on any atom is 0.133 e. The molecule has 2 heteroatoms. The quantitative estimate of drug-likeness (QED) is 0.647. The van der Waals surface area contributed by atoms with Crippen LogP contribution in [0, 0.1) is 5.92 Å². The number of thiophene rings is 1. The molecule has 66 valence electrons. The van der Waals surface area contributed by atoms with Gasteiger partial charge in [0.15, 0.2) is 0 Å². The lowest BCUT2D eigenvalue weighted by molar-refractivity contribution is 0.252. The van der Waals surface area contributed by atoms with Gasteiger partial charge in [-0.15, -0.1) is 11.3 Å². The fourth-order valence-electron chi connectivity index (χ4n) is 1.76. The van der Waals surface area contributed by atoms with E-state index < -0.39 is 0 Å². The average molecular weight is 182 g/mol. The monoisotopic (exact) mass is 182 g/mol. The van der Waals surface area contributed by atoms with Crippen molar-refractivity contribution in [2.24, 2.45) is 5.92 Å². The number of ether oxygens (including phenoxy) is 1. The minimum Gasteiger partial charge on any atom is -0.492 e. The molecule has 0 bridgehead atoms. The Kier molecular flexibility index (Phi) is 2.09. The lowest BCUT2D eigenvalue weighted by Gasteiger charge is -2.25. The third-order valence-electron chi connectivity index (χ3n) is 2.49. The summed E-state index contributed by atoms with van der Waals surface area (Å²) in [5.41, 5.74) is 0. The van der Waals surface area contributed by atoms with Crippen LogP contribution in [0.3, 0.4) is 0 Å². The van der Waals surface area contributed by atoms with E-state index in [1.165, 1.54) is 11.3 Å². The number of hydrogen-bond acceptors (Lipinski definition) is 2. The molecule has 1 aliphatic rings. The zero-order valence-electron chi connectivity index (χ0n) is 7.54. The van der Waals surface area contributed by atoms with E-state index in [2.05, 4.69) is 25.3 Å². The largest absolute Gasteiger partial charge is 0.492 e. The SMILES string of the molecule is CC(C)[C@@H]1CCOc2ccsc21. The molecular weight excluding hydrogens is 168 g/mol. The number of hydrogen-bond donors (Lipinski definition) is 0. The van der Waals surface area contributed by atoms with Crippen molar-refractivity contribution >= 4 is 11.3 Å². The maximum atomic E-state index is 5.55. The summed E-state index contributed by atoms with van der Waals surface area (Å²) in [4.78, 5) is 1.45. The molecule has 0 saturated carbocycles. The summed E-state index contributed by atoms with van der Waals surface area (Å²) in [6, 6.07) is 2.09. The molecule has 1 nitrogen and oxygen atoms in total. The molecular formula is C10H14OS. The Hall–Kier alpha value is -0.500. The second-order valence-corrected chi connectivity index (χ2v) is 4.58. The first-order valence-corrected chi connectivity index (χ1v) is 5.37. The molecule has 0 aromatic carbocycles. The molecule has 0 unspecified atom stereocenters. The van der Waals surface area contributed by atoms with Crippen molar-refractivity contribution in [1.82, 2.24) is 0 Å². The lowest BCUT2D eigenvalue weighted by atomic mass is 9.90. The van der Waals surface area contributed by atoms with Gasteiger partial charge in [0, 0.05) is 10.8 Å². The first-order valence-electron chi connectivity index (χ1n) is 4.49. The van der Waals surface area contributed by atoms with Gasteiger partial charge >= 0.3 is 0 Å². The van der Waals surface area contributed by atoms with Crippen LogP contribution in [0.4, 0.5) is 0 Å². The van der Waals surface area contributed by atoms with Crippen LogP contribution in [0.25, 0.3) is 0 Å². The van der Waals surface area contributed by atoms with Gasteiger partial charge in [-0.05, 0) is 23.8 Å². The highest BCUT2D eigenvalue weighted by atomic mass is 32.1. The highest BCUT2D eigenvalue weighted by molar-refractivity contribution is 7.10. The van der Waals surface area contributed by atoms with Crippen molar-refractivity contribution in [1.29, 1.82) is 0 Å². The van der Waals surface area contributed by atoms with Crippen LogP contribution in [-0.2, 0) is 0 Å². The second kappa shape index (κ2) is 3.09. The summed E-state index contributed by atoms with van der Waals surface area (Å²) < 4.78 is 5.55. The van der Waals surface area contributed by atoms with Crippen LogP contribution >= 0.6 is 11.3 Å². The molecule has 0 amide bonds. The van der Waals surface area contributed by atoms with E-state index in [0.717, 1.165) is 24.2 Å². The van der Waals surface area contributed by atoms with Crippen LogP contribution in [0.15, 0.2) is 11.4 Å². The van der Waals surface area contributed by atoms with Gasteiger partial charge in [-0.3, -0.25) is 0 Å². The van der Waals surface area contributed by atoms with Crippen LogP contribution < -0.4 is 4.74 Å². The van der Waals surface area contributed by atoms with E-state index in [4.69, 9.17) is 4.74 Å². The van der Waals surface area contributed by atoms with Gasteiger partial charge in [0.2, 0.25) is 0 Å². The molecule has 2 heterocycles. The van der Waals surface area contributed by atoms with Crippen LogP contribution in [0.1, 0.15) is 31.1 Å². The average Bonchev–Trinajstić information content (AvgIpc) is 2.49. The lowest BCUT2D eigenvalue weighted by Crippen LogP contribution is -2.16. The van der Waals surface area contributed by atoms with E-state index in [-0.39, 0.29) is 0 Å². The standard InChI is InChI=1S/C10H14OS/c1-7(2)8-3-5-11-9-4-6-12-10(8)9/h4,6-8H,3,5H2,1-2H3/t8-/m0/s1. The molecule has 1 atom stereocenters. The molecule has 12 heavy (non-hydrogen) atoms. The minimum atomic E-state index is 0.730. The Bertz CT molecular complexity index is 265. The summed E-state index contributed by atoms with van der Waals surface area (Å²) in [5.74, 6) is 2.60. The fraction of sp³-hybridized carbons (Fsp3) is 0.600.